The van der Waals surface area contributed by atoms with Crippen LogP contribution in [0.4, 0.5) is 9.93 Å². The number of carbonyl (C=O) groups is 4. The fourth-order valence-corrected chi connectivity index (χ4v) is 9.39. The third kappa shape index (κ3) is 8.77. The highest BCUT2D eigenvalue weighted by Crippen LogP contribution is 2.52. The molecular weight excluding hydrogens is 798 g/mol. The summed E-state index contributed by atoms with van der Waals surface area (Å²) in [5, 5.41) is 21.4. The number of methoxy groups -OCH3 is 1. The van der Waals surface area contributed by atoms with E-state index in [0.717, 1.165) is 12.8 Å². The highest BCUT2D eigenvalue weighted by molar-refractivity contribution is 7.14. The molecule has 15 nitrogen and oxygen atoms in total. The number of nitriles is 1. The van der Waals surface area contributed by atoms with Crippen molar-refractivity contribution in [2.45, 2.75) is 103 Å². The monoisotopic (exact) mass is 847 g/mol. The van der Waals surface area contributed by atoms with E-state index in [-0.39, 0.29) is 48.4 Å². The summed E-state index contributed by atoms with van der Waals surface area (Å²) in [4.78, 5) is 66.4. The first-order valence-electron chi connectivity index (χ1n) is 19.9. The molecule has 1 aliphatic heterocycles. The van der Waals surface area contributed by atoms with Crippen LogP contribution in [-0.2, 0) is 23.9 Å². The molecule has 8 atom stereocenters. The van der Waals surface area contributed by atoms with Gasteiger partial charge < -0.3 is 39.8 Å². The summed E-state index contributed by atoms with van der Waals surface area (Å²) in [5.74, 6) is -0.243. The second-order valence-corrected chi connectivity index (χ2v) is 18.5. The van der Waals surface area contributed by atoms with Crippen LogP contribution in [0.1, 0.15) is 66.7 Å². The third-order valence-corrected chi connectivity index (χ3v) is 12.6. The Balaban J connectivity index is 1.22. The van der Waals surface area contributed by atoms with Gasteiger partial charge in [0.2, 0.25) is 11.8 Å². The van der Waals surface area contributed by atoms with Gasteiger partial charge in [0.1, 0.15) is 58.1 Å². The lowest BCUT2D eigenvalue weighted by Gasteiger charge is -2.35. The molecule has 3 heterocycles. The molecule has 0 spiro atoms. The smallest absolute Gasteiger partial charge is 0.408 e. The lowest BCUT2D eigenvalue weighted by atomic mass is 9.85. The minimum Gasteiger partial charge on any atom is -0.488 e. The molecule has 3 saturated carbocycles. The van der Waals surface area contributed by atoms with Crippen LogP contribution in [0.2, 0.25) is 5.02 Å². The Kier molecular flexibility index (Phi) is 11.7. The number of anilines is 1. The molecule has 3 aliphatic carbocycles. The van der Waals surface area contributed by atoms with E-state index in [0.29, 0.717) is 51.4 Å². The van der Waals surface area contributed by atoms with Gasteiger partial charge in [-0.05, 0) is 68.9 Å². The van der Waals surface area contributed by atoms with Crippen molar-refractivity contribution in [3.8, 4) is 29.0 Å². The Hall–Kier alpha value is -5.14. The first-order chi connectivity index (χ1) is 28.0. The van der Waals surface area contributed by atoms with Crippen LogP contribution in [0.25, 0.3) is 22.3 Å². The van der Waals surface area contributed by atoms with E-state index in [1.807, 2.05) is 46.1 Å². The molecule has 4 aliphatic rings. The van der Waals surface area contributed by atoms with Crippen LogP contribution in [0.3, 0.4) is 0 Å². The molecule has 3 aromatic rings. The SMILES string of the molecule is C=C[C@@H]1C[C@]1(NC(=O)[C@@H]1C[C@@H](Oc2cc(-c3csc(NC(C)C)n3)nc3c(Cl)c(OCC#N)ccc23)CN1C(=O)[C@@H](NC(=O)OC1C[C@@H]2C[C@@H]2C1)C(C)(C)C)C(=O)OC. The molecule has 0 bridgehead atoms. The number of alkyl carbamates (subject to hydrolysis) is 1. The van der Waals surface area contributed by atoms with Crippen LogP contribution in [-0.4, -0.2) is 94.9 Å². The number of esters is 1. The number of carbonyl (C=O) groups excluding carboxylic acids is 4. The summed E-state index contributed by atoms with van der Waals surface area (Å²) in [6, 6.07) is 4.98. The first-order valence-corrected chi connectivity index (χ1v) is 21.1. The zero-order chi connectivity index (χ0) is 42.4. The van der Waals surface area contributed by atoms with Gasteiger partial charge in [-0.2, -0.15) is 5.26 Å². The summed E-state index contributed by atoms with van der Waals surface area (Å²) in [5.41, 5.74) is -0.774. The number of rotatable bonds is 14. The number of benzene rings is 1. The van der Waals surface area contributed by atoms with Crippen molar-refractivity contribution in [2.24, 2.45) is 23.2 Å². The van der Waals surface area contributed by atoms with Crippen molar-refractivity contribution >= 4 is 62.8 Å². The number of aromatic nitrogens is 2. The molecule has 1 unspecified atom stereocenters. The van der Waals surface area contributed by atoms with Crippen LogP contribution in [0.5, 0.6) is 11.5 Å². The van der Waals surface area contributed by atoms with Crippen molar-refractivity contribution in [3.63, 3.8) is 0 Å². The summed E-state index contributed by atoms with van der Waals surface area (Å²) in [7, 11) is 1.25. The number of fused-ring (bicyclic) bond motifs is 2. The fraction of sp³-hybridized carbons (Fsp3) is 0.548. The molecule has 3 N–H and O–H groups in total. The van der Waals surface area contributed by atoms with Gasteiger partial charge in [0.25, 0.3) is 0 Å². The van der Waals surface area contributed by atoms with E-state index in [9.17, 15) is 19.2 Å². The van der Waals surface area contributed by atoms with Gasteiger partial charge in [0, 0.05) is 35.2 Å². The standard InChI is InChI=1S/C42H50ClN7O8S/c1-8-24-18-42(24,38(53)55-7)49-36(51)30-16-26(19-50(30)37(52)35(41(4,5)6)48-40(54)58-25-14-22-13-23(22)15-25)57-32-17-28(29-20-59-39(47-29)45-21(2)3)46-34-27(32)9-10-31(33(34)43)56-12-11-44/h8-10,17,20-26,30,35H,1,12-16,18-19H2,2-7H3,(H,45,47)(H,48,54)(H,49,51)/t22-,23+,24-,25?,26-,30+,35-,42-/m1/s1. The minimum atomic E-state index is -1.32. The van der Waals surface area contributed by atoms with Gasteiger partial charge in [-0.1, -0.05) is 38.4 Å². The van der Waals surface area contributed by atoms with E-state index >= 15 is 0 Å². The summed E-state index contributed by atoms with van der Waals surface area (Å²) in [6.07, 6.45) is 3.09. The number of halogens is 1. The average Bonchev–Trinajstić information content (AvgIpc) is 3.85. The highest BCUT2D eigenvalue weighted by Gasteiger charge is 2.62. The number of thiazole rings is 1. The predicted octanol–water partition coefficient (Wildman–Crippen LogP) is 6.26. The summed E-state index contributed by atoms with van der Waals surface area (Å²) >= 11 is 8.27. The number of nitrogens with one attached hydrogen (secondary N) is 3. The number of hydrogen-bond acceptors (Lipinski definition) is 13. The van der Waals surface area contributed by atoms with Crippen LogP contribution >= 0.6 is 22.9 Å². The number of likely N-dealkylation sites (tertiary alicyclic amines) is 1. The van der Waals surface area contributed by atoms with Gasteiger partial charge in [-0.15, -0.1) is 17.9 Å². The Labute approximate surface area is 352 Å². The van der Waals surface area contributed by atoms with Crippen LogP contribution in [0, 0.1) is 34.5 Å². The number of ether oxygens (including phenoxy) is 4. The Morgan fingerprint density at radius 1 is 1.10 bits per heavy atom. The maximum absolute atomic E-state index is 14.8. The van der Waals surface area contributed by atoms with Gasteiger partial charge in [0.15, 0.2) is 11.7 Å². The lowest BCUT2D eigenvalue weighted by Crippen LogP contribution is -2.59. The maximum Gasteiger partial charge on any atom is 0.408 e. The average molecular weight is 848 g/mol. The van der Waals surface area contributed by atoms with Crippen LogP contribution in [0.15, 0.2) is 36.2 Å². The molecule has 17 heteroatoms. The quantitative estimate of drug-likeness (QED) is 0.122. The normalized spacial score (nSPS) is 26.0. The van der Waals surface area contributed by atoms with Gasteiger partial charge in [-0.25, -0.2) is 19.6 Å². The molecule has 2 aromatic heterocycles. The number of pyridine rings is 1. The van der Waals surface area contributed by atoms with Crippen molar-refractivity contribution in [2.75, 3.05) is 25.6 Å². The second kappa shape index (κ2) is 16.5. The molecule has 4 fully saturated rings. The van der Waals surface area contributed by atoms with Crippen molar-refractivity contribution < 1.29 is 38.1 Å². The highest BCUT2D eigenvalue weighted by atomic mass is 35.5. The minimum absolute atomic E-state index is 0.0369. The Morgan fingerprint density at radius 2 is 1.85 bits per heavy atom. The van der Waals surface area contributed by atoms with Crippen molar-refractivity contribution in [3.05, 3.63) is 41.3 Å². The Morgan fingerprint density at radius 3 is 2.49 bits per heavy atom. The molecule has 314 valence electrons. The van der Waals surface area contributed by atoms with Gasteiger partial charge >= 0.3 is 12.1 Å². The number of hydrogen-bond donors (Lipinski definition) is 3. The molecule has 3 amide bonds. The molecule has 1 saturated heterocycles. The van der Waals surface area contributed by atoms with E-state index in [1.165, 1.54) is 29.8 Å². The number of nitrogens with zero attached hydrogens (tertiary/aromatic N) is 4. The summed E-state index contributed by atoms with van der Waals surface area (Å²) < 4.78 is 23.2. The molecule has 1 aromatic carbocycles. The zero-order valence-corrected chi connectivity index (χ0v) is 35.6. The largest absolute Gasteiger partial charge is 0.488 e. The third-order valence-electron chi connectivity index (χ3n) is 11.5. The number of amides is 3. The topological polar surface area (TPSA) is 194 Å². The second-order valence-electron chi connectivity index (χ2n) is 17.2. The van der Waals surface area contributed by atoms with Crippen LogP contribution < -0.4 is 25.4 Å². The molecule has 59 heavy (non-hydrogen) atoms. The van der Waals surface area contributed by atoms with Crippen molar-refractivity contribution in [1.29, 1.82) is 5.26 Å². The fourth-order valence-electron chi connectivity index (χ4n) is 8.28. The van der Waals surface area contributed by atoms with E-state index < -0.39 is 53.0 Å². The maximum atomic E-state index is 14.8. The Bertz CT molecular complexity index is 2190. The van der Waals surface area contributed by atoms with Gasteiger partial charge in [0.05, 0.1) is 24.9 Å². The first kappa shape index (κ1) is 42.0. The predicted molar refractivity (Wildman–Crippen MR) is 221 cm³/mol. The molecule has 0 radical (unpaired) electrons. The van der Waals surface area contributed by atoms with Crippen molar-refractivity contribution in [1.82, 2.24) is 25.5 Å². The zero-order valence-electron chi connectivity index (χ0n) is 34.0. The van der Waals surface area contributed by atoms with E-state index in [1.54, 1.807) is 24.3 Å². The molecular formula is C42H50ClN7O8S. The lowest BCUT2D eigenvalue weighted by molar-refractivity contribution is -0.148. The van der Waals surface area contributed by atoms with E-state index in [2.05, 4.69) is 22.5 Å². The summed E-state index contributed by atoms with van der Waals surface area (Å²) in [6.45, 7) is 13.0. The van der Waals surface area contributed by atoms with E-state index in [4.69, 9.17) is 45.8 Å². The molecule has 7 rings (SSSR count). The van der Waals surface area contributed by atoms with Gasteiger partial charge in [-0.3, -0.25) is 9.59 Å².